The molecule has 1 rings (SSSR count). The normalized spacial score (nSPS) is 11.3. The number of unbranched alkanes of at least 4 members (excludes halogenated alkanes) is 2. The summed E-state index contributed by atoms with van der Waals surface area (Å²) in [6.45, 7) is 7.60. The summed E-state index contributed by atoms with van der Waals surface area (Å²) in [5.74, 6) is -0.0882. The monoisotopic (exact) mass is 277 g/mol. The van der Waals surface area contributed by atoms with Gasteiger partial charge >= 0.3 is 5.97 Å². The lowest BCUT2D eigenvalue weighted by atomic mass is 10.1. The molecule has 0 bridgehead atoms. The van der Waals surface area contributed by atoms with Gasteiger partial charge in [-0.2, -0.15) is 0 Å². The molecule has 20 heavy (non-hydrogen) atoms. The fraction of sp³-hybridized carbons (Fsp3) is 0.588. The summed E-state index contributed by atoms with van der Waals surface area (Å²) in [6, 6.07) is 10.4. The summed E-state index contributed by atoms with van der Waals surface area (Å²) >= 11 is 0. The second kappa shape index (κ2) is 8.75. The van der Waals surface area contributed by atoms with E-state index in [0.717, 1.165) is 32.4 Å². The SMILES string of the molecule is CC(C)(C)OC(=O)CCCCCNCc1ccccc1. The third-order valence-electron chi connectivity index (χ3n) is 2.83. The van der Waals surface area contributed by atoms with Crippen molar-refractivity contribution >= 4 is 5.97 Å². The number of nitrogens with one attached hydrogen (secondary N) is 1. The van der Waals surface area contributed by atoms with Gasteiger partial charge in [0.05, 0.1) is 0 Å². The molecular weight excluding hydrogens is 250 g/mol. The zero-order chi connectivity index (χ0) is 14.8. The minimum absolute atomic E-state index is 0.0882. The number of hydrogen-bond donors (Lipinski definition) is 1. The molecule has 0 heterocycles. The average Bonchev–Trinajstić information content (AvgIpc) is 2.37. The van der Waals surface area contributed by atoms with Crippen LogP contribution in [-0.4, -0.2) is 18.1 Å². The van der Waals surface area contributed by atoms with Crippen LogP contribution >= 0.6 is 0 Å². The van der Waals surface area contributed by atoms with Crippen molar-refractivity contribution in [1.82, 2.24) is 5.32 Å². The first kappa shape index (κ1) is 16.7. The minimum Gasteiger partial charge on any atom is -0.460 e. The van der Waals surface area contributed by atoms with Gasteiger partial charge in [-0.25, -0.2) is 0 Å². The van der Waals surface area contributed by atoms with E-state index in [2.05, 4.69) is 29.6 Å². The molecule has 1 aromatic rings. The zero-order valence-electron chi connectivity index (χ0n) is 12.9. The van der Waals surface area contributed by atoms with E-state index in [1.807, 2.05) is 26.8 Å². The van der Waals surface area contributed by atoms with E-state index in [1.54, 1.807) is 0 Å². The van der Waals surface area contributed by atoms with E-state index in [1.165, 1.54) is 5.56 Å². The Bertz CT molecular complexity index is 382. The summed E-state index contributed by atoms with van der Waals surface area (Å²) in [4.78, 5) is 11.5. The van der Waals surface area contributed by atoms with Gasteiger partial charge in [0.25, 0.3) is 0 Å². The van der Waals surface area contributed by atoms with Crippen molar-refractivity contribution in [1.29, 1.82) is 0 Å². The van der Waals surface area contributed by atoms with Crippen LogP contribution in [0.1, 0.15) is 52.0 Å². The molecule has 3 heteroatoms. The van der Waals surface area contributed by atoms with Gasteiger partial charge < -0.3 is 10.1 Å². The zero-order valence-corrected chi connectivity index (χ0v) is 12.9. The van der Waals surface area contributed by atoms with E-state index in [0.29, 0.717) is 6.42 Å². The first-order chi connectivity index (χ1) is 9.47. The number of carbonyl (C=O) groups excluding carboxylic acids is 1. The Morgan fingerprint density at radius 1 is 1.10 bits per heavy atom. The smallest absolute Gasteiger partial charge is 0.306 e. The average molecular weight is 277 g/mol. The molecule has 0 aliphatic heterocycles. The molecule has 0 amide bonds. The van der Waals surface area contributed by atoms with E-state index < -0.39 is 0 Å². The Labute approximate surface area is 122 Å². The van der Waals surface area contributed by atoms with Crippen LogP contribution in [0, 0.1) is 0 Å². The lowest BCUT2D eigenvalue weighted by Gasteiger charge is -2.19. The third-order valence-corrected chi connectivity index (χ3v) is 2.83. The Balaban J connectivity index is 1.96. The van der Waals surface area contributed by atoms with Crippen molar-refractivity contribution in [3.8, 4) is 0 Å². The standard InChI is InChI=1S/C17H27NO2/c1-17(2,3)20-16(19)12-8-5-9-13-18-14-15-10-6-4-7-11-15/h4,6-7,10-11,18H,5,8-9,12-14H2,1-3H3. The highest BCUT2D eigenvalue weighted by Crippen LogP contribution is 2.10. The Hall–Kier alpha value is -1.35. The van der Waals surface area contributed by atoms with Gasteiger partial charge in [-0.05, 0) is 45.7 Å². The number of hydrogen-bond acceptors (Lipinski definition) is 3. The van der Waals surface area contributed by atoms with Crippen LogP contribution in [0.15, 0.2) is 30.3 Å². The van der Waals surface area contributed by atoms with Crippen LogP contribution in [0.5, 0.6) is 0 Å². The fourth-order valence-electron chi connectivity index (χ4n) is 1.92. The molecule has 1 N–H and O–H groups in total. The Morgan fingerprint density at radius 2 is 1.80 bits per heavy atom. The molecule has 0 saturated heterocycles. The van der Waals surface area contributed by atoms with Gasteiger partial charge in [0.1, 0.15) is 5.60 Å². The number of carbonyl (C=O) groups is 1. The first-order valence-electron chi connectivity index (χ1n) is 7.44. The molecule has 112 valence electrons. The summed E-state index contributed by atoms with van der Waals surface area (Å²) in [5, 5.41) is 3.41. The van der Waals surface area contributed by atoms with Crippen molar-refractivity contribution in [2.24, 2.45) is 0 Å². The van der Waals surface area contributed by atoms with E-state index in [9.17, 15) is 4.79 Å². The molecule has 0 unspecified atom stereocenters. The minimum atomic E-state index is -0.367. The van der Waals surface area contributed by atoms with Gasteiger partial charge in [-0.15, -0.1) is 0 Å². The van der Waals surface area contributed by atoms with Crippen molar-refractivity contribution in [2.45, 2.75) is 58.6 Å². The van der Waals surface area contributed by atoms with Gasteiger partial charge in [-0.3, -0.25) is 4.79 Å². The van der Waals surface area contributed by atoms with E-state index in [-0.39, 0.29) is 11.6 Å². The second-order valence-electron chi connectivity index (χ2n) is 6.06. The van der Waals surface area contributed by atoms with Gasteiger partial charge in [0, 0.05) is 13.0 Å². The molecule has 1 aromatic carbocycles. The number of rotatable bonds is 8. The highest BCUT2D eigenvalue weighted by atomic mass is 16.6. The Morgan fingerprint density at radius 3 is 2.45 bits per heavy atom. The molecule has 0 aliphatic carbocycles. The van der Waals surface area contributed by atoms with Crippen molar-refractivity contribution in [3.63, 3.8) is 0 Å². The predicted octanol–water partition coefficient (Wildman–Crippen LogP) is 3.68. The molecule has 0 radical (unpaired) electrons. The van der Waals surface area contributed by atoms with Gasteiger partial charge in [-0.1, -0.05) is 36.8 Å². The molecule has 3 nitrogen and oxygen atoms in total. The molecule has 0 saturated carbocycles. The topological polar surface area (TPSA) is 38.3 Å². The highest BCUT2D eigenvalue weighted by molar-refractivity contribution is 5.69. The summed E-state index contributed by atoms with van der Waals surface area (Å²) in [7, 11) is 0. The summed E-state index contributed by atoms with van der Waals surface area (Å²) in [5.41, 5.74) is 0.940. The van der Waals surface area contributed by atoms with Crippen molar-refractivity contribution < 1.29 is 9.53 Å². The van der Waals surface area contributed by atoms with Gasteiger partial charge in [0.2, 0.25) is 0 Å². The molecule has 0 aromatic heterocycles. The molecule has 0 spiro atoms. The van der Waals surface area contributed by atoms with Crippen LogP contribution in [0.4, 0.5) is 0 Å². The number of ether oxygens (including phenoxy) is 1. The van der Waals surface area contributed by atoms with Gasteiger partial charge in [0.15, 0.2) is 0 Å². The Kier molecular flexibility index (Phi) is 7.31. The first-order valence-corrected chi connectivity index (χ1v) is 7.44. The predicted molar refractivity (Wildman–Crippen MR) is 82.5 cm³/mol. The fourth-order valence-corrected chi connectivity index (χ4v) is 1.92. The largest absolute Gasteiger partial charge is 0.460 e. The number of esters is 1. The third kappa shape index (κ3) is 8.70. The second-order valence-corrected chi connectivity index (χ2v) is 6.06. The summed E-state index contributed by atoms with van der Waals surface area (Å²) < 4.78 is 5.27. The molecular formula is C17H27NO2. The lowest BCUT2D eigenvalue weighted by Crippen LogP contribution is -2.23. The quantitative estimate of drug-likeness (QED) is 0.582. The number of benzene rings is 1. The van der Waals surface area contributed by atoms with E-state index >= 15 is 0 Å². The van der Waals surface area contributed by atoms with Crippen LogP contribution in [0.3, 0.4) is 0 Å². The van der Waals surface area contributed by atoms with Crippen molar-refractivity contribution in [2.75, 3.05) is 6.54 Å². The van der Waals surface area contributed by atoms with Crippen LogP contribution in [0.25, 0.3) is 0 Å². The maximum atomic E-state index is 11.5. The molecule has 0 atom stereocenters. The lowest BCUT2D eigenvalue weighted by molar-refractivity contribution is -0.154. The van der Waals surface area contributed by atoms with Crippen LogP contribution < -0.4 is 5.32 Å². The molecule has 0 aliphatic rings. The maximum absolute atomic E-state index is 11.5. The molecule has 0 fully saturated rings. The van der Waals surface area contributed by atoms with E-state index in [4.69, 9.17) is 4.74 Å². The van der Waals surface area contributed by atoms with Crippen molar-refractivity contribution in [3.05, 3.63) is 35.9 Å². The van der Waals surface area contributed by atoms with Crippen LogP contribution in [-0.2, 0) is 16.1 Å². The van der Waals surface area contributed by atoms with Crippen LogP contribution in [0.2, 0.25) is 0 Å². The summed E-state index contributed by atoms with van der Waals surface area (Å²) in [6.07, 6.45) is 3.58. The highest BCUT2D eigenvalue weighted by Gasteiger charge is 2.15. The maximum Gasteiger partial charge on any atom is 0.306 e.